The molecule has 0 radical (unpaired) electrons. The smallest absolute Gasteiger partial charge is 0.416 e. The number of anilines is 2. The van der Waals surface area contributed by atoms with Crippen LogP contribution in [0.2, 0.25) is 0 Å². The number of carbonyl (C=O) groups is 1. The van der Waals surface area contributed by atoms with E-state index in [-0.39, 0.29) is 17.9 Å². The largest absolute Gasteiger partial charge is 0.489 e. The van der Waals surface area contributed by atoms with Crippen LogP contribution >= 0.6 is 0 Å². The van der Waals surface area contributed by atoms with Crippen molar-refractivity contribution >= 4 is 17.4 Å². The van der Waals surface area contributed by atoms with Gasteiger partial charge in [0.1, 0.15) is 12.4 Å². The third-order valence-electron chi connectivity index (χ3n) is 5.70. The van der Waals surface area contributed by atoms with Crippen molar-refractivity contribution in [2.24, 2.45) is 0 Å². The van der Waals surface area contributed by atoms with Crippen molar-refractivity contribution < 1.29 is 35.9 Å². The number of carbonyl (C=O) groups excluding carboxylic acids is 1. The van der Waals surface area contributed by atoms with Gasteiger partial charge in [-0.1, -0.05) is 48.5 Å². The van der Waals surface area contributed by atoms with E-state index in [1.54, 1.807) is 24.3 Å². The first kappa shape index (κ1) is 27.6. The Kier molecular flexibility index (Phi) is 8.13. The summed E-state index contributed by atoms with van der Waals surface area (Å²) in [6.07, 6.45) is -9.18. The number of alkyl halides is 6. The molecule has 0 saturated carbocycles. The van der Waals surface area contributed by atoms with Gasteiger partial charge in [0.05, 0.1) is 17.7 Å². The van der Waals surface area contributed by atoms with Crippen molar-refractivity contribution in [3.63, 3.8) is 0 Å². The molecule has 0 fully saturated rings. The fourth-order valence-corrected chi connectivity index (χ4v) is 3.69. The molecule has 1 N–H and O–H groups in total. The fraction of sp³-hybridized carbons (Fsp3) is 0.138. The number of hydrogen-bond acceptors (Lipinski definition) is 2. The number of halogens is 6. The topological polar surface area (TPSA) is 41.6 Å². The van der Waals surface area contributed by atoms with Crippen LogP contribution in [0.1, 0.15) is 22.3 Å². The van der Waals surface area contributed by atoms with E-state index in [0.29, 0.717) is 17.9 Å². The molecule has 0 aliphatic heterocycles. The molecule has 2 amide bonds. The Morgan fingerprint density at radius 2 is 1.33 bits per heavy atom. The van der Waals surface area contributed by atoms with Crippen LogP contribution in [0.5, 0.6) is 5.75 Å². The molecule has 0 aromatic heterocycles. The Labute approximate surface area is 220 Å². The first-order valence-corrected chi connectivity index (χ1v) is 11.7. The summed E-state index contributed by atoms with van der Waals surface area (Å²) >= 11 is 0. The van der Waals surface area contributed by atoms with Crippen molar-refractivity contribution in [3.8, 4) is 5.75 Å². The predicted molar refractivity (Wildman–Crippen MR) is 135 cm³/mol. The molecule has 4 rings (SSSR count). The van der Waals surface area contributed by atoms with Crippen LogP contribution in [0.4, 0.5) is 42.5 Å². The Balaban J connectivity index is 1.54. The lowest BCUT2D eigenvalue weighted by molar-refractivity contribution is -0.138. The molecule has 0 saturated heterocycles. The molecule has 4 aromatic rings. The molecule has 10 heteroatoms. The molecule has 202 valence electrons. The Hall–Kier alpha value is -4.47. The molecule has 0 atom stereocenters. The van der Waals surface area contributed by atoms with Crippen molar-refractivity contribution in [1.29, 1.82) is 0 Å². The molecule has 4 aromatic carbocycles. The molecule has 0 spiro atoms. The quantitative estimate of drug-likeness (QED) is 0.237. The maximum absolute atomic E-state index is 13.2. The minimum Gasteiger partial charge on any atom is -0.489 e. The number of benzene rings is 4. The number of amides is 2. The summed E-state index contributed by atoms with van der Waals surface area (Å²) in [7, 11) is 0. The maximum atomic E-state index is 13.2. The summed E-state index contributed by atoms with van der Waals surface area (Å²) in [5.41, 5.74) is -0.257. The number of nitrogens with one attached hydrogen (secondary N) is 1. The standard InChI is InChI=1S/C29H22F6N2O2/c30-28(31,32)22-11-13-25(14-12-22)37(27(38)36-24-8-4-7-23(17-24)29(33,34)35)18-20-9-15-26(16-10-20)39-19-21-5-2-1-3-6-21/h1-17H,18-19H2,(H,36,38). The molecule has 4 nitrogen and oxygen atoms in total. The maximum Gasteiger partial charge on any atom is 0.416 e. The SMILES string of the molecule is O=C(Nc1cccc(C(F)(F)F)c1)N(Cc1ccc(OCc2ccccc2)cc1)c1ccc(C(F)(F)F)cc1. The highest BCUT2D eigenvalue weighted by Gasteiger charge is 2.31. The van der Waals surface area contributed by atoms with Crippen LogP contribution in [0.15, 0.2) is 103 Å². The van der Waals surface area contributed by atoms with E-state index in [4.69, 9.17) is 4.74 Å². The second-order valence-corrected chi connectivity index (χ2v) is 8.56. The zero-order chi connectivity index (χ0) is 28.0. The average molecular weight is 544 g/mol. The summed E-state index contributed by atoms with van der Waals surface area (Å²) in [6, 6.07) is 23.5. The Morgan fingerprint density at radius 3 is 1.95 bits per heavy atom. The van der Waals surface area contributed by atoms with Crippen LogP contribution in [0.3, 0.4) is 0 Å². The van der Waals surface area contributed by atoms with Crippen LogP contribution < -0.4 is 15.0 Å². The Morgan fingerprint density at radius 1 is 0.692 bits per heavy atom. The van der Waals surface area contributed by atoms with E-state index < -0.39 is 29.5 Å². The van der Waals surface area contributed by atoms with E-state index in [9.17, 15) is 31.1 Å². The van der Waals surface area contributed by atoms with Gasteiger partial charge in [0, 0.05) is 11.4 Å². The minimum atomic E-state index is -4.61. The molecule has 39 heavy (non-hydrogen) atoms. The number of urea groups is 1. The predicted octanol–water partition coefficient (Wildman–Crippen LogP) is 8.54. The molecule has 0 aliphatic rings. The van der Waals surface area contributed by atoms with Gasteiger partial charge in [-0.05, 0) is 65.7 Å². The lowest BCUT2D eigenvalue weighted by atomic mass is 10.1. The van der Waals surface area contributed by atoms with Gasteiger partial charge in [-0.15, -0.1) is 0 Å². The van der Waals surface area contributed by atoms with Crippen molar-refractivity contribution in [3.05, 3.63) is 125 Å². The summed E-state index contributed by atoms with van der Waals surface area (Å²) in [6.45, 7) is 0.270. The van der Waals surface area contributed by atoms with E-state index in [2.05, 4.69) is 5.32 Å². The number of hydrogen-bond donors (Lipinski definition) is 1. The molecular formula is C29H22F6N2O2. The van der Waals surface area contributed by atoms with Gasteiger partial charge >= 0.3 is 18.4 Å². The number of nitrogens with zero attached hydrogens (tertiary/aromatic N) is 1. The van der Waals surface area contributed by atoms with E-state index in [1.807, 2.05) is 30.3 Å². The number of rotatable bonds is 7. The van der Waals surface area contributed by atoms with E-state index >= 15 is 0 Å². The van der Waals surface area contributed by atoms with Crippen molar-refractivity contribution in [2.45, 2.75) is 25.5 Å². The normalized spacial score (nSPS) is 11.6. The van der Waals surface area contributed by atoms with E-state index in [0.717, 1.165) is 52.9 Å². The fourth-order valence-electron chi connectivity index (χ4n) is 3.69. The van der Waals surface area contributed by atoms with Gasteiger partial charge in [0.2, 0.25) is 0 Å². The van der Waals surface area contributed by atoms with Gasteiger partial charge in [0.15, 0.2) is 0 Å². The van der Waals surface area contributed by atoms with Gasteiger partial charge in [0.25, 0.3) is 0 Å². The summed E-state index contributed by atoms with van der Waals surface area (Å²) in [5, 5.41) is 2.41. The second-order valence-electron chi connectivity index (χ2n) is 8.56. The summed E-state index contributed by atoms with van der Waals surface area (Å²) in [5.74, 6) is 0.567. The molecular weight excluding hydrogens is 522 g/mol. The zero-order valence-corrected chi connectivity index (χ0v) is 20.3. The van der Waals surface area contributed by atoms with Crippen LogP contribution in [0, 0.1) is 0 Å². The summed E-state index contributed by atoms with van der Waals surface area (Å²) < 4.78 is 84.3. The first-order chi connectivity index (χ1) is 18.5. The average Bonchev–Trinajstić information content (AvgIpc) is 2.91. The van der Waals surface area contributed by atoms with Crippen LogP contribution in [0.25, 0.3) is 0 Å². The third kappa shape index (κ3) is 7.53. The van der Waals surface area contributed by atoms with Gasteiger partial charge in [-0.25, -0.2) is 4.79 Å². The molecule has 0 heterocycles. The van der Waals surface area contributed by atoms with Crippen molar-refractivity contribution in [2.75, 3.05) is 10.2 Å². The highest BCUT2D eigenvalue weighted by Crippen LogP contribution is 2.32. The molecule has 0 bridgehead atoms. The monoisotopic (exact) mass is 544 g/mol. The highest BCUT2D eigenvalue weighted by molar-refractivity contribution is 6.01. The third-order valence-corrected chi connectivity index (χ3v) is 5.70. The Bertz CT molecular complexity index is 1390. The highest BCUT2D eigenvalue weighted by atomic mass is 19.4. The minimum absolute atomic E-state index is 0.0743. The molecule has 0 aliphatic carbocycles. The van der Waals surface area contributed by atoms with Gasteiger partial charge in [-0.3, -0.25) is 4.90 Å². The molecule has 0 unspecified atom stereocenters. The second kappa shape index (κ2) is 11.5. The number of ether oxygens (including phenoxy) is 1. The summed E-state index contributed by atoms with van der Waals surface area (Å²) in [4.78, 5) is 14.3. The zero-order valence-electron chi connectivity index (χ0n) is 20.3. The van der Waals surface area contributed by atoms with Gasteiger partial charge in [-0.2, -0.15) is 26.3 Å². The van der Waals surface area contributed by atoms with Crippen LogP contribution in [-0.2, 0) is 25.5 Å². The first-order valence-electron chi connectivity index (χ1n) is 11.7. The van der Waals surface area contributed by atoms with E-state index in [1.165, 1.54) is 6.07 Å². The lowest BCUT2D eigenvalue weighted by Crippen LogP contribution is -2.34. The van der Waals surface area contributed by atoms with Crippen LogP contribution in [-0.4, -0.2) is 6.03 Å². The van der Waals surface area contributed by atoms with Crippen molar-refractivity contribution in [1.82, 2.24) is 0 Å². The lowest BCUT2D eigenvalue weighted by Gasteiger charge is -2.24. The van der Waals surface area contributed by atoms with Gasteiger partial charge < -0.3 is 10.1 Å².